The molecule has 6 nitrogen and oxygen atoms in total. The predicted molar refractivity (Wildman–Crippen MR) is 91.2 cm³/mol. The molecular weight excluding hydrogens is 308 g/mol. The Morgan fingerprint density at radius 2 is 2.04 bits per heavy atom. The normalized spacial score (nSPS) is 21.1. The Labute approximate surface area is 142 Å². The molecule has 2 atom stereocenters. The van der Waals surface area contributed by atoms with E-state index in [-0.39, 0.29) is 30.0 Å². The summed E-state index contributed by atoms with van der Waals surface area (Å²) in [5.41, 5.74) is 1.20. The second-order valence-electron chi connectivity index (χ2n) is 6.78. The van der Waals surface area contributed by atoms with E-state index in [2.05, 4.69) is 4.90 Å². The Hall–Kier alpha value is -2.08. The number of phenols is 1. The number of carbonyl (C=O) groups is 2. The molecule has 132 valence electrons. The van der Waals surface area contributed by atoms with E-state index >= 15 is 0 Å². The summed E-state index contributed by atoms with van der Waals surface area (Å²) >= 11 is 0. The van der Waals surface area contributed by atoms with Gasteiger partial charge in [0.15, 0.2) is 0 Å². The summed E-state index contributed by atoms with van der Waals surface area (Å²) in [6, 6.07) is 5.31. The van der Waals surface area contributed by atoms with Crippen molar-refractivity contribution in [1.82, 2.24) is 9.80 Å². The number of hydrogen-bond donors (Lipinski definition) is 2. The molecule has 24 heavy (non-hydrogen) atoms. The molecule has 1 aliphatic heterocycles. The van der Waals surface area contributed by atoms with Crippen molar-refractivity contribution in [3.63, 3.8) is 0 Å². The fraction of sp³-hybridized carbons (Fsp3) is 0.556. The Kier molecular flexibility index (Phi) is 5.83. The number of carboxylic acids is 1. The second kappa shape index (κ2) is 7.66. The van der Waals surface area contributed by atoms with Gasteiger partial charge in [0.2, 0.25) is 0 Å². The third kappa shape index (κ3) is 4.26. The van der Waals surface area contributed by atoms with E-state index in [4.69, 9.17) is 5.11 Å². The van der Waals surface area contributed by atoms with Gasteiger partial charge >= 0.3 is 5.97 Å². The van der Waals surface area contributed by atoms with Crippen molar-refractivity contribution < 1.29 is 19.8 Å². The number of aromatic hydroxyl groups is 1. The lowest BCUT2D eigenvalue weighted by molar-refractivity contribution is -0.137. The van der Waals surface area contributed by atoms with Crippen LogP contribution >= 0.6 is 0 Å². The monoisotopic (exact) mass is 334 g/mol. The SMILES string of the molecule is Cc1ccc(C(=O)N2CCC(N(C)C)C(CCC(=O)O)C2)c(O)c1. The summed E-state index contributed by atoms with van der Waals surface area (Å²) in [6.07, 6.45) is 1.45. The third-order valence-electron chi connectivity index (χ3n) is 4.76. The van der Waals surface area contributed by atoms with Crippen molar-refractivity contribution in [2.75, 3.05) is 27.2 Å². The van der Waals surface area contributed by atoms with Gasteiger partial charge in [-0.1, -0.05) is 6.07 Å². The number of aryl methyl sites for hydroxylation is 1. The largest absolute Gasteiger partial charge is 0.507 e. The smallest absolute Gasteiger partial charge is 0.303 e. The van der Waals surface area contributed by atoms with Gasteiger partial charge in [-0.15, -0.1) is 0 Å². The molecule has 2 rings (SSSR count). The Morgan fingerprint density at radius 1 is 1.33 bits per heavy atom. The minimum absolute atomic E-state index is 0.00295. The van der Waals surface area contributed by atoms with Gasteiger partial charge < -0.3 is 20.0 Å². The summed E-state index contributed by atoms with van der Waals surface area (Å²) in [5, 5.41) is 19.0. The average Bonchev–Trinajstić information content (AvgIpc) is 2.51. The molecular formula is C18H26N2O4. The zero-order chi connectivity index (χ0) is 17.9. The van der Waals surface area contributed by atoms with Crippen LogP contribution in [0.1, 0.15) is 35.2 Å². The first kappa shape index (κ1) is 18.3. The minimum Gasteiger partial charge on any atom is -0.507 e. The lowest BCUT2D eigenvalue weighted by Crippen LogP contribution is -2.50. The lowest BCUT2D eigenvalue weighted by atomic mass is 9.87. The third-order valence-corrected chi connectivity index (χ3v) is 4.76. The van der Waals surface area contributed by atoms with Crippen LogP contribution in [0.25, 0.3) is 0 Å². The molecule has 1 amide bonds. The fourth-order valence-corrected chi connectivity index (χ4v) is 3.47. The molecule has 0 aromatic heterocycles. The fourth-order valence-electron chi connectivity index (χ4n) is 3.47. The first-order valence-corrected chi connectivity index (χ1v) is 8.26. The Balaban J connectivity index is 2.13. The maximum atomic E-state index is 12.7. The number of rotatable bonds is 5. The van der Waals surface area contributed by atoms with E-state index < -0.39 is 5.97 Å². The highest BCUT2D eigenvalue weighted by atomic mass is 16.4. The Bertz CT molecular complexity index is 615. The molecule has 1 aromatic rings. The molecule has 0 spiro atoms. The van der Waals surface area contributed by atoms with Crippen LogP contribution in [-0.4, -0.2) is 65.1 Å². The van der Waals surface area contributed by atoms with Crippen LogP contribution in [0, 0.1) is 12.8 Å². The van der Waals surface area contributed by atoms with Crippen LogP contribution in [-0.2, 0) is 4.79 Å². The summed E-state index contributed by atoms with van der Waals surface area (Å²) < 4.78 is 0. The molecule has 1 aromatic carbocycles. The standard InChI is InChI=1S/C18H26N2O4/c1-12-4-6-14(16(21)10-12)18(24)20-9-8-15(19(2)3)13(11-20)5-7-17(22)23/h4,6,10,13,15,21H,5,7-9,11H2,1-3H3,(H,22,23). The highest BCUT2D eigenvalue weighted by molar-refractivity contribution is 5.97. The van der Waals surface area contributed by atoms with Crippen LogP contribution in [0.15, 0.2) is 18.2 Å². The van der Waals surface area contributed by atoms with Crippen LogP contribution in [0.4, 0.5) is 0 Å². The van der Waals surface area contributed by atoms with Gasteiger partial charge in [0, 0.05) is 25.6 Å². The topological polar surface area (TPSA) is 81.1 Å². The highest BCUT2D eigenvalue weighted by Crippen LogP contribution is 2.28. The number of carbonyl (C=O) groups excluding carboxylic acids is 1. The molecule has 2 unspecified atom stereocenters. The molecule has 1 aliphatic rings. The van der Waals surface area contributed by atoms with E-state index in [1.807, 2.05) is 21.0 Å². The van der Waals surface area contributed by atoms with Gasteiger partial charge in [-0.2, -0.15) is 0 Å². The van der Waals surface area contributed by atoms with Crippen LogP contribution < -0.4 is 0 Å². The first-order chi connectivity index (χ1) is 11.3. The predicted octanol–water partition coefficient (Wildman–Crippen LogP) is 1.96. The van der Waals surface area contributed by atoms with Gasteiger partial charge in [-0.05, 0) is 57.5 Å². The molecule has 0 radical (unpaired) electrons. The number of benzene rings is 1. The molecule has 1 heterocycles. The summed E-state index contributed by atoms with van der Waals surface area (Å²) in [5.74, 6) is -0.893. The Morgan fingerprint density at radius 3 is 2.62 bits per heavy atom. The molecule has 1 saturated heterocycles. The van der Waals surface area contributed by atoms with E-state index in [1.54, 1.807) is 23.1 Å². The van der Waals surface area contributed by atoms with Gasteiger partial charge in [-0.25, -0.2) is 0 Å². The molecule has 0 saturated carbocycles. The quantitative estimate of drug-likeness (QED) is 0.860. The number of hydrogen-bond acceptors (Lipinski definition) is 4. The van der Waals surface area contributed by atoms with Crippen molar-refractivity contribution in [2.45, 2.75) is 32.2 Å². The van der Waals surface area contributed by atoms with Gasteiger partial charge in [-0.3, -0.25) is 9.59 Å². The number of phenolic OH excluding ortho intramolecular Hbond substituents is 1. The zero-order valence-corrected chi connectivity index (χ0v) is 14.5. The zero-order valence-electron chi connectivity index (χ0n) is 14.5. The number of piperidine rings is 1. The molecule has 1 fully saturated rings. The number of nitrogens with zero attached hydrogens (tertiary/aromatic N) is 2. The van der Waals surface area contributed by atoms with Crippen LogP contribution in [0.3, 0.4) is 0 Å². The number of carboxylic acid groups (broad SMARTS) is 1. The van der Waals surface area contributed by atoms with E-state index in [9.17, 15) is 14.7 Å². The molecule has 6 heteroatoms. The average molecular weight is 334 g/mol. The van der Waals surface area contributed by atoms with Crippen LogP contribution in [0.5, 0.6) is 5.75 Å². The van der Waals surface area contributed by atoms with E-state index in [0.717, 1.165) is 12.0 Å². The maximum Gasteiger partial charge on any atom is 0.303 e. The van der Waals surface area contributed by atoms with Crippen molar-refractivity contribution in [1.29, 1.82) is 0 Å². The van der Waals surface area contributed by atoms with Gasteiger partial charge in [0.1, 0.15) is 5.75 Å². The van der Waals surface area contributed by atoms with Gasteiger partial charge in [0.05, 0.1) is 5.56 Å². The van der Waals surface area contributed by atoms with E-state index in [1.165, 1.54) is 0 Å². The number of likely N-dealkylation sites (tertiary alicyclic amines) is 1. The number of amides is 1. The summed E-state index contributed by atoms with van der Waals surface area (Å²) in [7, 11) is 3.98. The summed E-state index contributed by atoms with van der Waals surface area (Å²) in [4.78, 5) is 27.5. The summed E-state index contributed by atoms with van der Waals surface area (Å²) in [6.45, 7) is 2.99. The highest BCUT2D eigenvalue weighted by Gasteiger charge is 2.33. The van der Waals surface area contributed by atoms with E-state index in [0.29, 0.717) is 25.1 Å². The maximum absolute atomic E-state index is 12.7. The van der Waals surface area contributed by atoms with Crippen molar-refractivity contribution in [2.24, 2.45) is 5.92 Å². The van der Waals surface area contributed by atoms with Crippen LogP contribution in [0.2, 0.25) is 0 Å². The molecule has 0 aliphatic carbocycles. The van der Waals surface area contributed by atoms with Gasteiger partial charge in [0.25, 0.3) is 5.91 Å². The van der Waals surface area contributed by atoms with Crippen molar-refractivity contribution in [3.8, 4) is 5.75 Å². The molecule has 0 bridgehead atoms. The minimum atomic E-state index is -0.813. The molecule has 2 N–H and O–H groups in total. The lowest BCUT2D eigenvalue weighted by Gasteiger charge is -2.41. The second-order valence-corrected chi connectivity index (χ2v) is 6.78. The van der Waals surface area contributed by atoms with Crippen molar-refractivity contribution >= 4 is 11.9 Å². The van der Waals surface area contributed by atoms with Crippen molar-refractivity contribution in [3.05, 3.63) is 29.3 Å². The first-order valence-electron chi connectivity index (χ1n) is 8.26. The number of aliphatic carboxylic acids is 1.